The summed E-state index contributed by atoms with van der Waals surface area (Å²) in [6.07, 6.45) is 0. The molecule has 3 rings (SSSR count). The summed E-state index contributed by atoms with van der Waals surface area (Å²) in [5, 5.41) is 12.0. The van der Waals surface area contributed by atoms with Gasteiger partial charge < -0.3 is 20.3 Å². The number of carbonyl (C=O) groups is 2. The largest absolute Gasteiger partial charge is 0.501 e. The van der Waals surface area contributed by atoms with Crippen LogP contribution >= 0.6 is 34.4 Å². The molecule has 1 saturated heterocycles. The number of aromatic hydroxyl groups is 1. The van der Waals surface area contributed by atoms with E-state index in [2.05, 4.69) is 15.3 Å². The Morgan fingerprint density at radius 3 is 2.79 bits per heavy atom. The molecule has 0 bridgehead atoms. The average molecular weight is 518 g/mol. The molecule has 1 aromatic carbocycles. The molecule has 1 aliphatic heterocycles. The molecule has 0 saturated carbocycles. The highest BCUT2D eigenvalue weighted by Crippen LogP contribution is 2.36. The van der Waals surface area contributed by atoms with Crippen LogP contribution in [0.25, 0.3) is 0 Å². The van der Waals surface area contributed by atoms with Gasteiger partial charge in [-0.1, -0.05) is 34.7 Å². The number of hydrogen-bond donors (Lipinski definition) is 3. The topological polar surface area (TPSA) is 115 Å². The number of hydrogen-bond acceptors (Lipinski definition) is 6. The highest BCUT2D eigenvalue weighted by Gasteiger charge is 2.33. The molecule has 28 heavy (non-hydrogen) atoms. The third-order valence-corrected chi connectivity index (χ3v) is 5.92. The van der Waals surface area contributed by atoms with Crippen LogP contribution in [-0.4, -0.2) is 48.5 Å². The van der Waals surface area contributed by atoms with Crippen molar-refractivity contribution in [2.24, 2.45) is 0 Å². The first-order valence-corrected chi connectivity index (χ1v) is 10.8. The fourth-order valence-corrected chi connectivity index (χ4v) is 4.29. The Balaban J connectivity index is 1.83. The maximum absolute atomic E-state index is 13.0. The zero-order valence-electron chi connectivity index (χ0n) is 14.4. The Hall–Kier alpha value is -2.15. The van der Waals surface area contributed by atoms with E-state index >= 15 is 0 Å². The lowest BCUT2D eigenvalue weighted by Gasteiger charge is -2.22. The number of rotatable bonds is 5. The van der Waals surface area contributed by atoms with Crippen LogP contribution in [0.3, 0.4) is 0 Å². The molecule has 2 aromatic rings. The summed E-state index contributed by atoms with van der Waals surface area (Å²) in [6, 6.07) is 5.54. The Morgan fingerprint density at radius 1 is 1.39 bits per heavy atom. The number of alkyl halides is 1. The summed E-state index contributed by atoms with van der Waals surface area (Å²) in [5.41, 5.74) is -0.633. The Bertz CT molecular complexity index is 953. The lowest BCUT2D eigenvalue weighted by molar-refractivity contribution is -0.128. The number of aromatic nitrogens is 2. The standard InChI is InChI=1S/C17H16FIN4O4S/c18-10-3-1-9(2-4-10)8-20-15(26)12-13(25)16(27)22-14(21-12)17-23(5-6-28-17)11(24)7-19/h1-4,17,25H,5-8H2,(H,20,26)(H,21,22,27). The van der Waals surface area contributed by atoms with E-state index < -0.39 is 34.1 Å². The van der Waals surface area contributed by atoms with E-state index in [1.54, 1.807) is 4.90 Å². The molecular formula is C17H16FIN4O4S. The highest BCUT2D eigenvalue weighted by atomic mass is 127. The van der Waals surface area contributed by atoms with Crippen LogP contribution in [0.15, 0.2) is 29.1 Å². The van der Waals surface area contributed by atoms with Crippen molar-refractivity contribution in [2.75, 3.05) is 16.7 Å². The number of thioether (sulfide) groups is 1. The van der Waals surface area contributed by atoms with Crippen LogP contribution in [0.1, 0.15) is 27.3 Å². The molecular weight excluding hydrogens is 502 g/mol. The van der Waals surface area contributed by atoms with Gasteiger partial charge in [-0.3, -0.25) is 14.4 Å². The lowest BCUT2D eigenvalue weighted by Crippen LogP contribution is -2.34. The normalized spacial score (nSPS) is 16.2. The van der Waals surface area contributed by atoms with E-state index in [0.717, 1.165) is 0 Å². The van der Waals surface area contributed by atoms with E-state index in [4.69, 9.17) is 0 Å². The highest BCUT2D eigenvalue weighted by molar-refractivity contribution is 14.1. The minimum Gasteiger partial charge on any atom is -0.501 e. The molecule has 2 amide bonds. The number of halogens is 2. The van der Waals surface area contributed by atoms with Crippen molar-refractivity contribution in [3.63, 3.8) is 0 Å². The first-order valence-electron chi connectivity index (χ1n) is 8.23. The fraction of sp³-hybridized carbons (Fsp3) is 0.294. The smallest absolute Gasteiger partial charge is 0.294 e. The van der Waals surface area contributed by atoms with Gasteiger partial charge in [0, 0.05) is 18.8 Å². The zero-order valence-corrected chi connectivity index (χ0v) is 17.4. The summed E-state index contributed by atoms with van der Waals surface area (Å²) in [5.74, 6) is -1.24. The minimum atomic E-state index is -0.855. The SMILES string of the molecule is O=C(NCc1ccc(F)cc1)c1nc(C2SCCN2C(=O)CI)[nH]c(=O)c1O. The van der Waals surface area contributed by atoms with Gasteiger partial charge in [0.25, 0.3) is 11.5 Å². The van der Waals surface area contributed by atoms with E-state index in [-0.39, 0.29) is 22.7 Å². The van der Waals surface area contributed by atoms with Gasteiger partial charge in [-0.05, 0) is 17.7 Å². The number of nitrogens with zero attached hydrogens (tertiary/aromatic N) is 2. The van der Waals surface area contributed by atoms with Gasteiger partial charge in [-0.25, -0.2) is 9.37 Å². The molecule has 0 aliphatic carbocycles. The van der Waals surface area contributed by atoms with Crippen LogP contribution in [0, 0.1) is 5.82 Å². The number of carbonyl (C=O) groups excluding carboxylic acids is 2. The molecule has 8 nitrogen and oxygen atoms in total. The number of aromatic amines is 1. The molecule has 1 aliphatic rings. The third kappa shape index (κ3) is 4.46. The predicted octanol–water partition coefficient (Wildman–Crippen LogP) is 1.55. The first kappa shape index (κ1) is 20.6. The van der Waals surface area contributed by atoms with Crippen LogP contribution in [-0.2, 0) is 11.3 Å². The molecule has 2 heterocycles. The van der Waals surface area contributed by atoms with Crippen LogP contribution in [0.4, 0.5) is 4.39 Å². The van der Waals surface area contributed by atoms with Gasteiger partial charge >= 0.3 is 0 Å². The number of benzene rings is 1. The maximum atomic E-state index is 13.0. The first-order chi connectivity index (χ1) is 13.4. The van der Waals surface area contributed by atoms with Crippen LogP contribution in [0.5, 0.6) is 5.75 Å². The van der Waals surface area contributed by atoms with Gasteiger partial charge in [-0.2, -0.15) is 0 Å². The van der Waals surface area contributed by atoms with E-state index in [1.165, 1.54) is 36.0 Å². The van der Waals surface area contributed by atoms with Gasteiger partial charge in [0.1, 0.15) is 17.0 Å². The molecule has 1 unspecified atom stereocenters. The number of H-pyrrole nitrogens is 1. The quantitative estimate of drug-likeness (QED) is 0.409. The van der Waals surface area contributed by atoms with Crippen molar-refractivity contribution in [3.8, 4) is 5.75 Å². The molecule has 0 radical (unpaired) electrons. The van der Waals surface area contributed by atoms with Gasteiger partial charge in [0.2, 0.25) is 11.7 Å². The summed E-state index contributed by atoms with van der Waals surface area (Å²) in [7, 11) is 0. The van der Waals surface area contributed by atoms with Crippen molar-refractivity contribution >= 4 is 46.2 Å². The lowest BCUT2D eigenvalue weighted by atomic mass is 10.2. The monoisotopic (exact) mass is 518 g/mol. The summed E-state index contributed by atoms with van der Waals surface area (Å²) in [4.78, 5) is 44.8. The van der Waals surface area contributed by atoms with Gasteiger partial charge in [-0.15, -0.1) is 11.8 Å². The second-order valence-electron chi connectivity index (χ2n) is 5.90. The number of nitrogens with one attached hydrogen (secondary N) is 2. The minimum absolute atomic E-state index is 0.0694. The van der Waals surface area contributed by atoms with Crippen molar-refractivity contribution in [3.05, 3.63) is 57.5 Å². The summed E-state index contributed by atoms with van der Waals surface area (Å²) < 4.78 is 13.2. The molecule has 148 valence electrons. The van der Waals surface area contributed by atoms with Gasteiger partial charge in [0.05, 0.1) is 4.43 Å². The summed E-state index contributed by atoms with van der Waals surface area (Å²) >= 11 is 3.37. The molecule has 0 spiro atoms. The van der Waals surface area contributed by atoms with E-state index in [1.807, 2.05) is 22.6 Å². The van der Waals surface area contributed by atoms with Crippen molar-refractivity contribution < 1.29 is 19.1 Å². The number of amides is 2. The predicted molar refractivity (Wildman–Crippen MR) is 110 cm³/mol. The molecule has 1 fully saturated rings. The van der Waals surface area contributed by atoms with Gasteiger partial charge in [0.15, 0.2) is 5.69 Å². The van der Waals surface area contributed by atoms with E-state index in [0.29, 0.717) is 17.9 Å². The van der Waals surface area contributed by atoms with Crippen LogP contribution < -0.4 is 10.9 Å². The Labute approximate surface area is 177 Å². The zero-order chi connectivity index (χ0) is 20.3. The molecule has 1 atom stereocenters. The van der Waals surface area contributed by atoms with Crippen LogP contribution in [0.2, 0.25) is 0 Å². The average Bonchev–Trinajstić information content (AvgIpc) is 3.18. The van der Waals surface area contributed by atoms with Crippen molar-refractivity contribution in [1.29, 1.82) is 0 Å². The maximum Gasteiger partial charge on any atom is 0.294 e. The molecule has 11 heteroatoms. The Morgan fingerprint density at radius 2 is 2.11 bits per heavy atom. The fourth-order valence-electron chi connectivity index (χ4n) is 2.66. The second kappa shape index (κ2) is 8.90. The third-order valence-electron chi connectivity index (χ3n) is 4.05. The summed E-state index contributed by atoms with van der Waals surface area (Å²) in [6.45, 7) is 0.577. The van der Waals surface area contributed by atoms with Crippen molar-refractivity contribution in [2.45, 2.75) is 11.9 Å². The Kier molecular flexibility index (Phi) is 6.54. The van der Waals surface area contributed by atoms with E-state index in [9.17, 15) is 23.9 Å². The molecule has 1 aromatic heterocycles. The van der Waals surface area contributed by atoms with Crippen molar-refractivity contribution in [1.82, 2.24) is 20.2 Å². The second-order valence-corrected chi connectivity index (χ2v) is 7.85. The molecule has 3 N–H and O–H groups in total.